The van der Waals surface area contributed by atoms with Gasteiger partial charge in [0.15, 0.2) is 11.5 Å². The number of rotatable bonds is 3. The quantitative estimate of drug-likeness (QED) is 0.766. The standard InChI is InChI=1S/C14H14N2O2/c1-9-6-7-12(17-9)10(15)8-14-16-11-4-2-3-5-13(11)18-14/h2-7,10H,8,15H2,1H3. The molecular weight excluding hydrogens is 228 g/mol. The topological polar surface area (TPSA) is 65.2 Å². The van der Waals surface area contributed by atoms with Crippen LogP contribution in [0.15, 0.2) is 45.2 Å². The molecular formula is C14H14N2O2. The number of hydrogen-bond acceptors (Lipinski definition) is 4. The SMILES string of the molecule is Cc1ccc(C(N)Cc2nc3ccccc3o2)o1. The number of aryl methyl sites for hydroxylation is 1. The van der Waals surface area contributed by atoms with Crippen LogP contribution < -0.4 is 5.73 Å². The molecule has 92 valence electrons. The van der Waals surface area contributed by atoms with E-state index in [9.17, 15) is 0 Å². The van der Waals surface area contributed by atoms with Gasteiger partial charge in [0.25, 0.3) is 0 Å². The summed E-state index contributed by atoms with van der Waals surface area (Å²) in [5.41, 5.74) is 7.71. The first-order valence-corrected chi connectivity index (χ1v) is 5.89. The van der Waals surface area contributed by atoms with Crippen molar-refractivity contribution >= 4 is 11.1 Å². The van der Waals surface area contributed by atoms with E-state index in [2.05, 4.69) is 4.98 Å². The number of para-hydroxylation sites is 2. The summed E-state index contributed by atoms with van der Waals surface area (Å²) in [4.78, 5) is 4.40. The van der Waals surface area contributed by atoms with Crippen LogP contribution in [0.4, 0.5) is 0 Å². The first-order valence-electron chi connectivity index (χ1n) is 5.89. The highest BCUT2D eigenvalue weighted by molar-refractivity contribution is 5.72. The molecule has 0 aliphatic rings. The summed E-state index contributed by atoms with van der Waals surface area (Å²) < 4.78 is 11.1. The molecule has 1 aromatic carbocycles. The van der Waals surface area contributed by atoms with Crippen molar-refractivity contribution in [1.29, 1.82) is 0 Å². The van der Waals surface area contributed by atoms with Gasteiger partial charge in [0.2, 0.25) is 0 Å². The van der Waals surface area contributed by atoms with Crippen molar-refractivity contribution < 1.29 is 8.83 Å². The van der Waals surface area contributed by atoms with Gasteiger partial charge in [0, 0.05) is 6.42 Å². The Morgan fingerprint density at radius 2 is 2.00 bits per heavy atom. The summed E-state index contributed by atoms with van der Waals surface area (Å²) in [7, 11) is 0. The third kappa shape index (κ3) is 2.02. The number of fused-ring (bicyclic) bond motifs is 1. The van der Waals surface area contributed by atoms with Crippen LogP contribution >= 0.6 is 0 Å². The number of benzene rings is 1. The lowest BCUT2D eigenvalue weighted by Gasteiger charge is -2.04. The minimum atomic E-state index is -0.230. The third-order valence-electron chi connectivity index (χ3n) is 2.86. The van der Waals surface area contributed by atoms with E-state index in [0.29, 0.717) is 12.3 Å². The van der Waals surface area contributed by atoms with Crippen molar-refractivity contribution in [3.8, 4) is 0 Å². The summed E-state index contributed by atoms with van der Waals surface area (Å²) in [6.07, 6.45) is 0.529. The highest BCUT2D eigenvalue weighted by atomic mass is 16.4. The first kappa shape index (κ1) is 11.0. The molecule has 0 aliphatic carbocycles. The Morgan fingerprint density at radius 3 is 2.72 bits per heavy atom. The number of hydrogen-bond donors (Lipinski definition) is 1. The molecule has 18 heavy (non-hydrogen) atoms. The van der Waals surface area contributed by atoms with Gasteiger partial charge in [-0.2, -0.15) is 0 Å². The zero-order chi connectivity index (χ0) is 12.5. The van der Waals surface area contributed by atoms with E-state index in [-0.39, 0.29) is 6.04 Å². The Morgan fingerprint density at radius 1 is 1.17 bits per heavy atom. The second-order valence-corrected chi connectivity index (χ2v) is 4.33. The Bertz CT molecular complexity index is 636. The van der Waals surface area contributed by atoms with Crippen molar-refractivity contribution in [1.82, 2.24) is 4.98 Å². The molecule has 3 rings (SSSR count). The summed E-state index contributed by atoms with van der Waals surface area (Å²) >= 11 is 0. The van der Waals surface area contributed by atoms with Crippen LogP contribution in [0.25, 0.3) is 11.1 Å². The Balaban J connectivity index is 1.83. The predicted molar refractivity (Wildman–Crippen MR) is 68.1 cm³/mol. The second kappa shape index (κ2) is 4.31. The zero-order valence-corrected chi connectivity index (χ0v) is 10.1. The van der Waals surface area contributed by atoms with E-state index in [0.717, 1.165) is 22.6 Å². The minimum absolute atomic E-state index is 0.230. The van der Waals surface area contributed by atoms with E-state index in [1.165, 1.54) is 0 Å². The van der Waals surface area contributed by atoms with Crippen molar-refractivity contribution in [3.63, 3.8) is 0 Å². The molecule has 0 amide bonds. The molecule has 2 N–H and O–H groups in total. The molecule has 4 nitrogen and oxygen atoms in total. The Hall–Kier alpha value is -2.07. The smallest absolute Gasteiger partial charge is 0.197 e. The van der Waals surface area contributed by atoms with Crippen molar-refractivity contribution in [3.05, 3.63) is 53.8 Å². The minimum Gasteiger partial charge on any atom is -0.465 e. The first-order chi connectivity index (χ1) is 8.72. The van der Waals surface area contributed by atoms with Gasteiger partial charge in [0.05, 0.1) is 6.04 Å². The van der Waals surface area contributed by atoms with Gasteiger partial charge in [-0.25, -0.2) is 4.98 Å². The maximum absolute atomic E-state index is 6.07. The van der Waals surface area contributed by atoms with Crippen LogP contribution in [-0.2, 0) is 6.42 Å². The van der Waals surface area contributed by atoms with E-state index >= 15 is 0 Å². The molecule has 1 atom stereocenters. The van der Waals surface area contributed by atoms with Crippen LogP contribution in [0.2, 0.25) is 0 Å². The highest BCUT2D eigenvalue weighted by Gasteiger charge is 2.14. The molecule has 1 unspecified atom stereocenters. The molecule has 4 heteroatoms. The Labute approximate surface area is 104 Å². The van der Waals surface area contributed by atoms with Crippen LogP contribution in [-0.4, -0.2) is 4.98 Å². The second-order valence-electron chi connectivity index (χ2n) is 4.33. The lowest BCUT2D eigenvalue weighted by Crippen LogP contribution is -2.12. The summed E-state index contributed by atoms with van der Waals surface area (Å²) in [6.45, 7) is 1.90. The Kier molecular flexibility index (Phi) is 2.64. The van der Waals surface area contributed by atoms with E-state index < -0.39 is 0 Å². The van der Waals surface area contributed by atoms with Gasteiger partial charge in [-0.3, -0.25) is 0 Å². The van der Waals surface area contributed by atoms with E-state index in [1.54, 1.807) is 0 Å². The molecule has 0 saturated heterocycles. The number of aromatic nitrogens is 1. The number of furan rings is 1. The fourth-order valence-corrected chi connectivity index (χ4v) is 1.95. The average molecular weight is 242 g/mol. The fourth-order valence-electron chi connectivity index (χ4n) is 1.95. The predicted octanol–water partition coefficient (Wildman–Crippen LogP) is 2.97. The van der Waals surface area contributed by atoms with E-state index in [4.69, 9.17) is 14.6 Å². The molecule has 2 heterocycles. The normalized spacial score (nSPS) is 13.0. The van der Waals surface area contributed by atoms with Gasteiger partial charge >= 0.3 is 0 Å². The van der Waals surface area contributed by atoms with Crippen LogP contribution in [0.3, 0.4) is 0 Å². The average Bonchev–Trinajstić information content (AvgIpc) is 2.94. The highest BCUT2D eigenvalue weighted by Crippen LogP contribution is 2.21. The van der Waals surface area contributed by atoms with Gasteiger partial charge in [-0.1, -0.05) is 12.1 Å². The molecule has 0 aliphatic heterocycles. The maximum Gasteiger partial charge on any atom is 0.197 e. The molecule has 2 aromatic heterocycles. The molecule has 0 spiro atoms. The van der Waals surface area contributed by atoms with Crippen LogP contribution in [0.1, 0.15) is 23.5 Å². The monoisotopic (exact) mass is 242 g/mol. The maximum atomic E-state index is 6.07. The van der Waals surface area contributed by atoms with Crippen molar-refractivity contribution in [2.75, 3.05) is 0 Å². The fraction of sp³-hybridized carbons (Fsp3) is 0.214. The van der Waals surface area contributed by atoms with Gasteiger partial charge < -0.3 is 14.6 Å². The van der Waals surface area contributed by atoms with Crippen LogP contribution in [0.5, 0.6) is 0 Å². The summed E-state index contributed by atoms with van der Waals surface area (Å²) in [5, 5.41) is 0. The van der Waals surface area contributed by atoms with Gasteiger partial charge in [-0.15, -0.1) is 0 Å². The number of nitrogens with two attached hydrogens (primary N) is 1. The summed E-state index contributed by atoms with van der Waals surface area (Å²) in [6, 6.07) is 11.2. The van der Waals surface area contributed by atoms with Gasteiger partial charge in [-0.05, 0) is 31.2 Å². The molecule has 0 bridgehead atoms. The summed E-state index contributed by atoms with van der Waals surface area (Å²) in [5.74, 6) is 2.26. The number of nitrogens with zero attached hydrogens (tertiary/aromatic N) is 1. The lowest BCUT2D eigenvalue weighted by molar-refractivity contribution is 0.421. The molecule has 3 aromatic rings. The lowest BCUT2D eigenvalue weighted by atomic mass is 10.2. The molecule has 0 radical (unpaired) electrons. The third-order valence-corrected chi connectivity index (χ3v) is 2.86. The largest absolute Gasteiger partial charge is 0.465 e. The zero-order valence-electron chi connectivity index (χ0n) is 10.1. The van der Waals surface area contributed by atoms with Gasteiger partial charge in [0.1, 0.15) is 17.0 Å². The van der Waals surface area contributed by atoms with Crippen molar-refractivity contribution in [2.24, 2.45) is 5.73 Å². The van der Waals surface area contributed by atoms with Crippen molar-refractivity contribution in [2.45, 2.75) is 19.4 Å². The number of oxazole rings is 1. The molecule has 0 fully saturated rings. The van der Waals surface area contributed by atoms with Crippen LogP contribution in [0, 0.1) is 6.92 Å². The van der Waals surface area contributed by atoms with E-state index in [1.807, 2.05) is 43.3 Å². The molecule has 0 saturated carbocycles.